The zero-order valence-electron chi connectivity index (χ0n) is 11.5. The molecule has 0 bridgehead atoms. The first-order chi connectivity index (χ1) is 9.33. The largest absolute Gasteiger partial charge is 0.380 e. The van der Waals surface area contributed by atoms with E-state index in [2.05, 4.69) is 21.8 Å². The number of aryl methyl sites for hydroxylation is 1. The van der Waals surface area contributed by atoms with Crippen molar-refractivity contribution >= 4 is 11.0 Å². The minimum atomic E-state index is 0.281. The molecule has 2 unspecified atom stereocenters. The van der Waals surface area contributed by atoms with Gasteiger partial charge < -0.3 is 14.6 Å². The highest BCUT2D eigenvalue weighted by Crippen LogP contribution is 2.27. The number of fused-ring (bicyclic) bond motifs is 1. The van der Waals surface area contributed by atoms with E-state index in [1.807, 2.05) is 18.5 Å². The second kappa shape index (κ2) is 5.27. The summed E-state index contributed by atoms with van der Waals surface area (Å²) in [5.74, 6) is 1.12. The van der Waals surface area contributed by atoms with Crippen LogP contribution >= 0.6 is 0 Å². The number of imidazole rings is 1. The van der Waals surface area contributed by atoms with Crippen LogP contribution in [0.1, 0.15) is 31.6 Å². The molecule has 5 heteroatoms. The first kappa shape index (κ1) is 12.6. The van der Waals surface area contributed by atoms with Crippen LogP contribution in [0.4, 0.5) is 0 Å². The number of rotatable bonds is 4. The Morgan fingerprint density at radius 1 is 1.53 bits per heavy atom. The third kappa shape index (κ3) is 2.24. The third-order valence-electron chi connectivity index (χ3n) is 3.76. The topological polar surface area (TPSA) is 52.0 Å². The van der Waals surface area contributed by atoms with Crippen molar-refractivity contribution in [3.05, 3.63) is 24.3 Å². The van der Waals surface area contributed by atoms with Crippen molar-refractivity contribution in [1.29, 1.82) is 0 Å². The first-order valence-electron chi connectivity index (χ1n) is 6.89. The van der Waals surface area contributed by atoms with Gasteiger partial charge in [0.05, 0.1) is 23.9 Å². The van der Waals surface area contributed by atoms with Crippen LogP contribution in [0, 0.1) is 0 Å². The summed E-state index contributed by atoms with van der Waals surface area (Å²) in [6.07, 6.45) is 6.05. The van der Waals surface area contributed by atoms with Gasteiger partial charge in [-0.2, -0.15) is 0 Å². The molecule has 5 nitrogen and oxygen atoms in total. The normalized spacial score (nSPS) is 23.3. The van der Waals surface area contributed by atoms with E-state index >= 15 is 0 Å². The second-order valence-electron chi connectivity index (χ2n) is 5.04. The van der Waals surface area contributed by atoms with E-state index in [0.717, 1.165) is 37.3 Å². The first-order valence-corrected chi connectivity index (χ1v) is 6.89. The van der Waals surface area contributed by atoms with Crippen LogP contribution in [0.5, 0.6) is 0 Å². The summed E-state index contributed by atoms with van der Waals surface area (Å²) in [7, 11) is 1.77. The van der Waals surface area contributed by atoms with Crippen molar-refractivity contribution in [3.63, 3.8) is 0 Å². The number of ether oxygens (including phenoxy) is 1. The van der Waals surface area contributed by atoms with E-state index in [-0.39, 0.29) is 12.1 Å². The highest BCUT2D eigenvalue weighted by Gasteiger charge is 2.29. The molecule has 19 heavy (non-hydrogen) atoms. The fraction of sp³-hybridized carbons (Fsp3) is 0.571. The van der Waals surface area contributed by atoms with Gasteiger partial charge in [-0.05, 0) is 18.9 Å². The molecule has 1 fully saturated rings. The maximum absolute atomic E-state index is 5.42. The van der Waals surface area contributed by atoms with Gasteiger partial charge in [0.2, 0.25) is 0 Å². The molecule has 3 heterocycles. The molecule has 2 aromatic rings. The van der Waals surface area contributed by atoms with E-state index in [1.165, 1.54) is 5.52 Å². The maximum atomic E-state index is 5.42. The summed E-state index contributed by atoms with van der Waals surface area (Å²) in [6, 6.07) is 2.33. The quantitative estimate of drug-likeness (QED) is 0.912. The predicted octanol–water partition coefficient (Wildman–Crippen LogP) is 1.89. The van der Waals surface area contributed by atoms with Crippen LogP contribution in [0.25, 0.3) is 11.0 Å². The van der Waals surface area contributed by atoms with Crippen LogP contribution in [-0.4, -0.2) is 34.3 Å². The van der Waals surface area contributed by atoms with Gasteiger partial charge in [0.1, 0.15) is 11.3 Å². The van der Waals surface area contributed by atoms with Crippen molar-refractivity contribution < 1.29 is 4.74 Å². The van der Waals surface area contributed by atoms with Gasteiger partial charge in [-0.1, -0.05) is 6.92 Å². The van der Waals surface area contributed by atoms with Crippen LogP contribution in [0.3, 0.4) is 0 Å². The third-order valence-corrected chi connectivity index (χ3v) is 3.76. The number of aromatic nitrogens is 3. The Bertz CT molecular complexity index is 566. The van der Waals surface area contributed by atoms with Gasteiger partial charge in [-0.3, -0.25) is 4.98 Å². The van der Waals surface area contributed by atoms with Crippen molar-refractivity contribution in [2.24, 2.45) is 0 Å². The lowest BCUT2D eigenvalue weighted by Crippen LogP contribution is -2.19. The smallest absolute Gasteiger partial charge is 0.127 e. The van der Waals surface area contributed by atoms with E-state index in [1.54, 1.807) is 7.11 Å². The van der Waals surface area contributed by atoms with Crippen molar-refractivity contribution in [2.45, 2.75) is 38.5 Å². The highest BCUT2D eigenvalue weighted by molar-refractivity contribution is 5.74. The predicted molar refractivity (Wildman–Crippen MR) is 74.0 cm³/mol. The summed E-state index contributed by atoms with van der Waals surface area (Å²) in [5, 5.41) is 3.50. The molecule has 0 aromatic carbocycles. The number of methoxy groups -OCH3 is 1. The Morgan fingerprint density at radius 2 is 2.42 bits per heavy atom. The summed E-state index contributed by atoms with van der Waals surface area (Å²) >= 11 is 0. The second-order valence-corrected chi connectivity index (χ2v) is 5.04. The molecule has 102 valence electrons. The van der Waals surface area contributed by atoms with Crippen LogP contribution in [0.2, 0.25) is 0 Å². The molecule has 0 aliphatic carbocycles. The SMILES string of the molecule is CCCn1c(C2CC(OC)CN2)nc2cnccc21. The molecule has 1 N–H and O–H groups in total. The molecule has 0 amide bonds. The Hall–Kier alpha value is -1.46. The molecule has 0 spiro atoms. The number of nitrogens with one attached hydrogen (secondary N) is 1. The Balaban J connectivity index is 2.00. The Morgan fingerprint density at radius 3 is 3.16 bits per heavy atom. The standard InChI is InChI=1S/C14H20N4O/c1-3-6-18-13-4-5-15-9-12(13)17-14(18)11-7-10(19-2)8-16-11/h4-5,9-11,16H,3,6-8H2,1-2H3. The van der Waals surface area contributed by atoms with E-state index < -0.39 is 0 Å². The lowest BCUT2D eigenvalue weighted by atomic mass is 10.2. The van der Waals surface area contributed by atoms with Crippen molar-refractivity contribution in [2.75, 3.05) is 13.7 Å². The summed E-state index contributed by atoms with van der Waals surface area (Å²) in [5.41, 5.74) is 2.16. The maximum Gasteiger partial charge on any atom is 0.127 e. The zero-order valence-corrected chi connectivity index (χ0v) is 11.5. The minimum absolute atomic E-state index is 0.281. The van der Waals surface area contributed by atoms with Gasteiger partial charge in [-0.25, -0.2) is 4.98 Å². The van der Waals surface area contributed by atoms with Gasteiger partial charge in [0, 0.05) is 26.4 Å². The van der Waals surface area contributed by atoms with Crippen LogP contribution < -0.4 is 5.32 Å². The molecule has 0 saturated carbocycles. The molecule has 2 aromatic heterocycles. The number of hydrogen-bond donors (Lipinski definition) is 1. The Labute approximate surface area is 113 Å². The number of pyridine rings is 1. The lowest BCUT2D eigenvalue weighted by Gasteiger charge is -2.13. The average molecular weight is 260 g/mol. The van der Waals surface area contributed by atoms with E-state index in [4.69, 9.17) is 9.72 Å². The van der Waals surface area contributed by atoms with Crippen molar-refractivity contribution in [3.8, 4) is 0 Å². The Kier molecular flexibility index (Phi) is 3.48. The van der Waals surface area contributed by atoms with Gasteiger partial charge in [0.25, 0.3) is 0 Å². The van der Waals surface area contributed by atoms with Crippen LogP contribution in [0.15, 0.2) is 18.5 Å². The minimum Gasteiger partial charge on any atom is -0.380 e. The van der Waals surface area contributed by atoms with Gasteiger partial charge in [-0.15, -0.1) is 0 Å². The fourth-order valence-corrected chi connectivity index (χ4v) is 2.80. The molecule has 1 aliphatic heterocycles. The molecule has 1 saturated heterocycles. The van der Waals surface area contributed by atoms with Crippen molar-refractivity contribution in [1.82, 2.24) is 19.9 Å². The molecule has 1 aliphatic rings. The molecular formula is C14H20N4O. The zero-order chi connectivity index (χ0) is 13.2. The number of nitrogens with zero attached hydrogens (tertiary/aromatic N) is 3. The number of hydrogen-bond acceptors (Lipinski definition) is 4. The van der Waals surface area contributed by atoms with Crippen LogP contribution in [-0.2, 0) is 11.3 Å². The monoisotopic (exact) mass is 260 g/mol. The summed E-state index contributed by atoms with van der Waals surface area (Å²) in [4.78, 5) is 8.93. The molecule has 3 rings (SSSR count). The summed E-state index contributed by atoms with van der Waals surface area (Å²) in [6.45, 7) is 4.08. The van der Waals surface area contributed by atoms with Gasteiger partial charge in [0.15, 0.2) is 0 Å². The van der Waals surface area contributed by atoms with Gasteiger partial charge >= 0.3 is 0 Å². The molecule has 0 radical (unpaired) electrons. The summed E-state index contributed by atoms with van der Waals surface area (Å²) < 4.78 is 7.74. The molecule has 2 atom stereocenters. The fourth-order valence-electron chi connectivity index (χ4n) is 2.80. The molecular weight excluding hydrogens is 240 g/mol. The lowest BCUT2D eigenvalue weighted by molar-refractivity contribution is 0.117. The van der Waals surface area contributed by atoms with E-state index in [9.17, 15) is 0 Å². The average Bonchev–Trinajstić information content (AvgIpc) is 3.04. The highest BCUT2D eigenvalue weighted by atomic mass is 16.5. The van der Waals surface area contributed by atoms with E-state index in [0.29, 0.717) is 0 Å².